The number of ketones is 1. The Balaban J connectivity index is 2.13. The van der Waals surface area contributed by atoms with Gasteiger partial charge in [-0.3, -0.25) is 4.79 Å². The molecule has 0 aliphatic carbocycles. The number of nitrogens with zero attached hydrogens (tertiary/aromatic N) is 1. The highest BCUT2D eigenvalue weighted by atomic mass is 79.9. The molecule has 19 heavy (non-hydrogen) atoms. The number of carbonyl (C=O) groups is 1. The predicted octanol–water partition coefficient (Wildman–Crippen LogP) is 3.14. The maximum atomic E-state index is 12.5. The van der Waals surface area contributed by atoms with Crippen LogP contribution in [0.25, 0.3) is 11.0 Å². The van der Waals surface area contributed by atoms with Crippen molar-refractivity contribution >= 4 is 38.4 Å². The standard InChI is InChI=1S/C14H10BrN3O/c15-8-3-4-10(12(16)6-8)13(19)11-7-18-14-9(11)2-1-5-17-14/h1-7H,16H2,(H,17,18). The second-order valence-electron chi connectivity index (χ2n) is 4.16. The van der Waals surface area contributed by atoms with E-state index in [2.05, 4.69) is 25.9 Å². The molecule has 0 fully saturated rings. The molecule has 2 heterocycles. The number of benzene rings is 1. The number of hydrogen-bond donors (Lipinski definition) is 2. The Morgan fingerprint density at radius 2 is 2.11 bits per heavy atom. The summed E-state index contributed by atoms with van der Waals surface area (Å²) in [5.41, 5.74) is 8.12. The fourth-order valence-corrected chi connectivity index (χ4v) is 2.41. The Morgan fingerprint density at radius 3 is 2.89 bits per heavy atom. The first-order valence-electron chi connectivity index (χ1n) is 5.68. The number of anilines is 1. The van der Waals surface area contributed by atoms with Gasteiger partial charge in [-0.25, -0.2) is 4.98 Å². The van der Waals surface area contributed by atoms with Crippen molar-refractivity contribution in [1.29, 1.82) is 0 Å². The summed E-state index contributed by atoms with van der Waals surface area (Å²) < 4.78 is 0.849. The molecule has 1 aromatic carbocycles. The van der Waals surface area contributed by atoms with Crippen LogP contribution in [-0.4, -0.2) is 15.8 Å². The minimum Gasteiger partial charge on any atom is -0.398 e. The number of nitrogens with two attached hydrogens (primary N) is 1. The van der Waals surface area contributed by atoms with Gasteiger partial charge in [0.2, 0.25) is 0 Å². The van der Waals surface area contributed by atoms with Crippen molar-refractivity contribution in [1.82, 2.24) is 9.97 Å². The van der Waals surface area contributed by atoms with E-state index >= 15 is 0 Å². The molecule has 3 rings (SSSR count). The number of rotatable bonds is 2. The summed E-state index contributed by atoms with van der Waals surface area (Å²) in [6, 6.07) is 8.91. The van der Waals surface area contributed by atoms with E-state index in [1.54, 1.807) is 36.7 Å². The van der Waals surface area contributed by atoms with Crippen LogP contribution in [0.4, 0.5) is 5.69 Å². The minimum absolute atomic E-state index is 0.107. The third-order valence-corrected chi connectivity index (χ3v) is 3.45. The lowest BCUT2D eigenvalue weighted by atomic mass is 10.0. The lowest BCUT2D eigenvalue weighted by Gasteiger charge is -2.04. The van der Waals surface area contributed by atoms with Gasteiger partial charge >= 0.3 is 0 Å². The zero-order chi connectivity index (χ0) is 13.4. The summed E-state index contributed by atoms with van der Waals surface area (Å²) in [7, 11) is 0. The largest absolute Gasteiger partial charge is 0.398 e. The van der Waals surface area contributed by atoms with Crippen molar-refractivity contribution in [3.63, 3.8) is 0 Å². The second kappa shape index (κ2) is 4.51. The Kier molecular flexibility index (Phi) is 2.83. The summed E-state index contributed by atoms with van der Waals surface area (Å²) in [4.78, 5) is 19.7. The first-order valence-corrected chi connectivity index (χ1v) is 6.48. The van der Waals surface area contributed by atoms with Crippen LogP contribution in [0.3, 0.4) is 0 Å². The number of hydrogen-bond acceptors (Lipinski definition) is 3. The molecule has 4 nitrogen and oxygen atoms in total. The minimum atomic E-state index is -0.107. The van der Waals surface area contributed by atoms with E-state index in [1.165, 1.54) is 0 Å². The summed E-state index contributed by atoms with van der Waals surface area (Å²) in [5.74, 6) is -0.107. The molecule has 94 valence electrons. The predicted molar refractivity (Wildman–Crippen MR) is 78.1 cm³/mol. The van der Waals surface area contributed by atoms with Crippen LogP contribution in [-0.2, 0) is 0 Å². The molecular formula is C14H10BrN3O. The average molecular weight is 316 g/mol. The molecular weight excluding hydrogens is 306 g/mol. The molecule has 0 bridgehead atoms. The highest BCUT2D eigenvalue weighted by Gasteiger charge is 2.16. The van der Waals surface area contributed by atoms with Crippen LogP contribution in [0.2, 0.25) is 0 Å². The van der Waals surface area contributed by atoms with E-state index < -0.39 is 0 Å². The molecule has 0 spiro atoms. The summed E-state index contributed by atoms with van der Waals surface area (Å²) in [6.45, 7) is 0. The van der Waals surface area contributed by atoms with E-state index in [1.807, 2.05) is 6.07 Å². The van der Waals surface area contributed by atoms with E-state index in [0.29, 0.717) is 22.5 Å². The number of nitrogens with one attached hydrogen (secondary N) is 1. The molecule has 0 aliphatic rings. The van der Waals surface area contributed by atoms with Crippen molar-refractivity contribution < 1.29 is 4.79 Å². The van der Waals surface area contributed by atoms with Gasteiger partial charge in [-0.05, 0) is 30.3 Å². The molecule has 3 N–H and O–H groups in total. The maximum absolute atomic E-state index is 12.5. The smallest absolute Gasteiger partial charge is 0.197 e. The van der Waals surface area contributed by atoms with Crippen molar-refractivity contribution in [3.8, 4) is 0 Å². The third kappa shape index (κ3) is 2.02. The molecule has 0 amide bonds. The van der Waals surface area contributed by atoms with Crippen LogP contribution >= 0.6 is 15.9 Å². The maximum Gasteiger partial charge on any atom is 0.197 e. The number of nitrogen functional groups attached to an aromatic ring is 1. The molecule has 0 radical (unpaired) electrons. The van der Waals surface area contributed by atoms with Gasteiger partial charge in [0, 0.05) is 39.1 Å². The zero-order valence-electron chi connectivity index (χ0n) is 9.85. The molecule has 0 saturated carbocycles. The van der Waals surface area contributed by atoms with E-state index in [-0.39, 0.29) is 5.78 Å². The van der Waals surface area contributed by atoms with Gasteiger partial charge in [0.25, 0.3) is 0 Å². The quantitative estimate of drug-likeness (QED) is 0.563. The van der Waals surface area contributed by atoms with Crippen molar-refractivity contribution in [2.24, 2.45) is 0 Å². The van der Waals surface area contributed by atoms with Gasteiger partial charge < -0.3 is 10.7 Å². The third-order valence-electron chi connectivity index (χ3n) is 2.95. The van der Waals surface area contributed by atoms with Gasteiger partial charge in [-0.1, -0.05) is 15.9 Å². The second-order valence-corrected chi connectivity index (χ2v) is 5.08. The number of fused-ring (bicyclic) bond motifs is 1. The first-order chi connectivity index (χ1) is 9.16. The fraction of sp³-hybridized carbons (Fsp3) is 0. The molecule has 3 aromatic rings. The number of carbonyl (C=O) groups excluding carboxylic acids is 1. The van der Waals surface area contributed by atoms with Crippen molar-refractivity contribution in [2.75, 3.05) is 5.73 Å². The lowest BCUT2D eigenvalue weighted by Crippen LogP contribution is -2.04. The normalized spacial score (nSPS) is 10.8. The summed E-state index contributed by atoms with van der Waals surface area (Å²) >= 11 is 3.33. The number of halogens is 1. The lowest BCUT2D eigenvalue weighted by molar-refractivity contribution is 0.104. The van der Waals surface area contributed by atoms with E-state index in [0.717, 1.165) is 9.86 Å². The number of H-pyrrole nitrogens is 1. The Bertz CT molecular complexity index is 779. The fourth-order valence-electron chi connectivity index (χ4n) is 2.03. The number of pyridine rings is 1. The van der Waals surface area contributed by atoms with Gasteiger partial charge in [-0.2, -0.15) is 0 Å². The number of aromatic amines is 1. The SMILES string of the molecule is Nc1cc(Br)ccc1C(=O)c1c[nH]c2ncccc12. The van der Waals surface area contributed by atoms with Crippen LogP contribution in [0.5, 0.6) is 0 Å². The summed E-state index contributed by atoms with van der Waals surface area (Å²) in [5, 5.41) is 0.801. The Hall–Kier alpha value is -2.14. The molecule has 5 heteroatoms. The zero-order valence-corrected chi connectivity index (χ0v) is 11.4. The van der Waals surface area contributed by atoms with Crippen LogP contribution in [0.1, 0.15) is 15.9 Å². The molecule has 0 unspecified atom stereocenters. The molecule has 2 aromatic heterocycles. The van der Waals surface area contributed by atoms with Crippen molar-refractivity contribution in [2.45, 2.75) is 0 Å². The van der Waals surface area contributed by atoms with E-state index in [4.69, 9.17) is 5.73 Å². The summed E-state index contributed by atoms with van der Waals surface area (Å²) in [6.07, 6.45) is 3.35. The number of aromatic nitrogens is 2. The van der Waals surface area contributed by atoms with Gasteiger partial charge in [0.1, 0.15) is 5.65 Å². The highest BCUT2D eigenvalue weighted by molar-refractivity contribution is 9.10. The Morgan fingerprint density at radius 1 is 1.26 bits per heavy atom. The monoisotopic (exact) mass is 315 g/mol. The topological polar surface area (TPSA) is 71.8 Å². The first kappa shape index (κ1) is 11.9. The van der Waals surface area contributed by atoms with E-state index in [9.17, 15) is 4.79 Å². The van der Waals surface area contributed by atoms with Gasteiger partial charge in [-0.15, -0.1) is 0 Å². The van der Waals surface area contributed by atoms with Gasteiger partial charge in [0.15, 0.2) is 5.78 Å². The molecule has 0 saturated heterocycles. The molecule has 0 aliphatic heterocycles. The average Bonchev–Trinajstić information content (AvgIpc) is 2.82. The highest BCUT2D eigenvalue weighted by Crippen LogP contribution is 2.24. The van der Waals surface area contributed by atoms with Crippen molar-refractivity contribution in [3.05, 3.63) is 58.3 Å². The Labute approximate surface area is 117 Å². The van der Waals surface area contributed by atoms with Crippen LogP contribution < -0.4 is 5.73 Å². The molecule has 0 atom stereocenters. The van der Waals surface area contributed by atoms with Crippen LogP contribution in [0, 0.1) is 0 Å². The van der Waals surface area contributed by atoms with Crippen LogP contribution in [0.15, 0.2) is 47.2 Å². The van der Waals surface area contributed by atoms with Gasteiger partial charge in [0.05, 0.1) is 0 Å².